The van der Waals surface area contributed by atoms with Crippen molar-refractivity contribution in [2.75, 3.05) is 19.6 Å². The number of likely N-dealkylation sites (tertiary alicyclic amines) is 2. The molecule has 1 aromatic rings. The van der Waals surface area contributed by atoms with Crippen LogP contribution in [0.25, 0.3) is 0 Å². The topological polar surface area (TPSA) is 40.6 Å². The van der Waals surface area contributed by atoms with Gasteiger partial charge in [-0.1, -0.05) is 24.6 Å². The quantitative estimate of drug-likeness (QED) is 0.838. The van der Waals surface area contributed by atoms with Crippen LogP contribution in [0.3, 0.4) is 0 Å². The van der Waals surface area contributed by atoms with Crippen molar-refractivity contribution in [3.8, 4) is 0 Å². The van der Waals surface area contributed by atoms with Gasteiger partial charge in [0.25, 0.3) is 5.91 Å². The lowest BCUT2D eigenvalue weighted by Gasteiger charge is -2.37. The van der Waals surface area contributed by atoms with E-state index in [0.29, 0.717) is 23.9 Å². The summed E-state index contributed by atoms with van der Waals surface area (Å²) in [7, 11) is 0. The molecule has 2 aliphatic heterocycles. The molecule has 0 spiro atoms. The van der Waals surface area contributed by atoms with Crippen LogP contribution in [0.4, 0.5) is 0 Å². The average Bonchev–Trinajstić information content (AvgIpc) is 3.23. The van der Waals surface area contributed by atoms with Crippen LogP contribution in [0.15, 0.2) is 30.3 Å². The first-order chi connectivity index (χ1) is 11.7. The monoisotopic (exact) mass is 326 g/mol. The molecule has 4 rings (SSSR count). The molecule has 3 fully saturated rings. The molecule has 24 heavy (non-hydrogen) atoms. The Morgan fingerprint density at radius 3 is 2.29 bits per heavy atom. The summed E-state index contributed by atoms with van der Waals surface area (Å²) < 4.78 is 0. The number of carbonyl (C=O) groups is 2. The summed E-state index contributed by atoms with van der Waals surface area (Å²) in [4.78, 5) is 29.9. The molecule has 0 radical (unpaired) electrons. The van der Waals surface area contributed by atoms with Crippen LogP contribution in [-0.4, -0.2) is 47.3 Å². The molecule has 0 bridgehead atoms. The lowest BCUT2D eigenvalue weighted by atomic mass is 9.99. The molecular formula is C20H26N2O2. The van der Waals surface area contributed by atoms with Crippen molar-refractivity contribution in [1.29, 1.82) is 0 Å². The van der Waals surface area contributed by atoms with E-state index < -0.39 is 0 Å². The van der Waals surface area contributed by atoms with Crippen molar-refractivity contribution >= 4 is 11.8 Å². The van der Waals surface area contributed by atoms with Crippen molar-refractivity contribution < 1.29 is 9.59 Å². The van der Waals surface area contributed by atoms with Crippen molar-refractivity contribution in [1.82, 2.24) is 9.80 Å². The van der Waals surface area contributed by atoms with Crippen LogP contribution in [-0.2, 0) is 4.79 Å². The highest BCUT2D eigenvalue weighted by molar-refractivity contribution is 5.97. The van der Waals surface area contributed by atoms with Gasteiger partial charge in [-0.2, -0.15) is 0 Å². The molecule has 2 amide bonds. The molecule has 2 heterocycles. The normalized spacial score (nSPS) is 29.6. The zero-order chi connectivity index (χ0) is 16.5. The van der Waals surface area contributed by atoms with E-state index in [4.69, 9.17) is 0 Å². The van der Waals surface area contributed by atoms with Crippen molar-refractivity contribution in [3.05, 3.63) is 35.9 Å². The van der Waals surface area contributed by atoms with Crippen molar-refractivity contribution in [2.24, 2.45) is 11.8 Å². The Kier molecular flexibility index (Phi) is 4.30. The molecule has 1 aliphatic carbocycles. The maximum atomic E-state index is 13.1. The van der Waals surface area contributed by atoms with Crippen LogP contribution in [0.2, 0.25) is 0 Å². The molecule has 3 aliphatic rings. The van der Waals surface area contributed by atoms with Crippen molar-refractivity contribution in [2.45, 2.75) is 44.6 Å². The van der Waals surface area contributed by atoms with E-state index in [1.807, 2.05) is 35.2 Å². The molecule has 0 aromatic heterocycles. The summed E-state index contributed by atoms with van der Waals surface area (Å²) in [6.45, 7) is 2.52. The van der Waals surface area contributed by atoms with Gasteiger partial charge >= 0.3 is 0 Å². The number of piperidine rings is 1. The first-order valence-electron chi connectivity index (χ1n) is 9.39. The second kappa shape index (κ2) is 6.58. The van der Waals surface area contributed by atoms with Gasteiger partial charge in [-0.05, 0) is 56.1 Å². The fourth-order valence-corrected chi connectivity index (χ4v) is 4.80. The summed E-state index contributed by atoms with van der Waals surface area (Å²) in [6.07, 6.45) is 6.70. The lowest BCUT2D eigenvalue weighted by Crippen LogP contribution is -2.52. The molecule has 0 N–H and O–H groups in total. The summed E-state index contributed by atoms with van der Waals surface area (Å²) in [5, 5.41) is 0. The number of benzene rings is 1. The molecule has 2 saturated heterocycles. The van der Waals surface area contributed by atoms with Gasteiger partial charge in [-0.3, -0.25) is 9.59 Å². The maximum absolute atomic E-state index is 13.1. The highest BCUT2D eigenvalue weighted by Gasteiger charge is 2.42. The second-order valence-corrected chi connectivity index (χ2v) is 7.57. The molecule has 1 saturated carbocycles. The molecule has 0 unspecified atom stereocenters. The minimum atomic E-state index is -0.259. The largest absolute Gasteiger partial charge is 0.340 e. The van der Waals surface area contributed by atoms with Crippen LogP contribution >= 0.6 is 0 Å². The van der Waals surface area contributed by atoms with Crippen LogP contribution in [0.5, 0.6) is 0 Å². The molecule has 4 heteroatoms. The third kappa shape index (κ3) is 2.83. The van der Waals surface area contributed by atoms with E-state index >= 15 is 0 Å². The zero-order valence-corrected chi connectivity index (χ0v) is 14.2. The molecule has 3 atom stereocenters. The Bertz CT molecular complexity index is 603. The maximum Gasteiger partial charge on any atom is 0.254 e. The number of fused-ring (bicyclic) bond motifs is 1. The summed E-state index contributed by atoms with van der Waals surface area (Å²) >= 11 is 0. The highest BCUT2D eigenvalue weighted by Crippen LogP contribution is 2.38. The Balaban J connectivity index is 1.50. The van der Waals surface area contributed by atoms with Gasteiger partial charge in [0.15, 0.2) is 0 Å². The fraction of sp³-hybridized carbons (Fsp3) is 0.600. The van der Waals surface area contributed by atoms with Crippen molar-refractivity contribution in [3.63, 3.8) is 0 Å². The number of hydrogen-bond acceptors (Lipinski definition) is 2. The Labute approximate surface area is 143 Å². The van der Waals surface area contributed by atoms with Gasteiger partial charge in [0.1, 0.15) is 6.04 Å². The second-order valence-electron chi connectivity index (χ2n) is 7.57. The van der Waals surface area contributed by atoms with Gasteiger partial charge in [0, 0.05) is 25.2 Å². The third-order valence-corrected chi connectivity index (χ3v) is 6.11. The predicted molar refractivity (Wildman–Crippen MR) is 92.5 cm³/mol. The van der Waals surface area contributed by atoms with Crippen LogP contribution < -0.4 is 0 Å². The van der Waals surface area contributed by atoms with E-state index in [-0.39, 0.29) is 17.9 Å². The molecule has 128 valence electrons. The van der Waals surface area contributed by atoms with Crippen LogP contribution in [0, 0.1) is 11.8 Å². The Morgan fingerprint density at radius 1 is 0.875 bits per heavy atom. The van der Waals surface area contributed by atoms with E-state index in [2.05, 4.69) is 4.90 Å². The highest BCUT2D eigenvalue weighted by atomic mass is 16.2. The number of amides is 2. The average molecular weight is 326 g/mol. The number of rotatable bonds is 2. The minimum absolute atomic E-state index is 0.00745. The van der Waals surface area contributed by atoms with E-state index in [1.54, 1.807) is 0 Å². The van der Waals surface area contributed by atoms with E-state index in [1.165, 1.54) is 19.3 Å². The van der Waals surface area contributed by atoms with Gasteiger partial charge < -0.3 is 9.80 Å². The summed E-state index contributed by atoms with van der Waals surface area (Å²) in [6, 6.07) is 9.12. The fourth-order valence-electron chi connectivity index (χ4n) is 4.80. The number of carbonyl (C=O) groups excluding carboxylic acids is 2. The lowest BCUT2D eigenvalue weighted by molar-refractivity contribution is -0.136. The summed E-state index contributed by atoms with van der Waals surface area (Å²) in [5.41, 5.74) is 0.690. The van der Waals surface area contributed by atoms with Gasteiger partial charge in [0.05, 0.1) is 0 Å². The van der Waals surface area contributed by atoms with Gasteiger partial charge in [-0.15, -0.1) is 0 Å². The summed E-state index contributed by atoms with van der Waals surface area (Å²) in [5.74, 6) is 1.60. The van der Waals surface area contributed by atoms with E-state index in [0.717, 1.165) is 32.4 Å². The Hall–Kier alpha value is -1.84. The van der Waals surface area contributed by atoms with E-state index in [9.17, 15) is 9.59 Å². The smallest absolute Gasteiger partial charge is 0.254 e. The van der Waals surface area contributed by atoms with Gasteiger partial charge in [-0.25, -0.2) is 0 Å². The predicted octanol–water partition coefficient (Wildman–Crippen LogP) is 2.94. The zero-order valence-electron chi connectivity index (χ0n) is 14.2. The molecule has 4 nitrogen and oxygen atoms in total. The molecular weight excluding hydrogens is 300 g/mol. The first kappa shape index (κ1) is 15.7. The standard InChI is InChI=1S/C20H26N2O2/c23-19(15-7-2-1-3-8-15)22-12-5-4-11-18(22)20(24)21-13-16-9-6-10-17(16)14-21/h1-3,7-8,16-18H,4-6,9-14H2/t16-,17+,18-/m0/s1. The number of nitrogens with zero attached hydrogens (tertiary/aromatic N) is 2. The number of hydrogen-bond donors (Lipinski definition) is 0. The first-order valence-corrected chi connectivity index (χ1v) is 9.39. The van der Waals surface area contributed by atoms with Crippen LogP contribution in [0.1, 0.15) is 48.9 Å². The Morgan fingerprint density at radius 2 is 1.58 bits per heavy atom. The molecule has 1 aromatic carbocycles. The third-order valence-electron chi connectivity index (χ3n) is 6.11. The minimum Gasteiger partial charge on any atom is -0.340 e. The van der Waals surface area contributed by atoms with Gasteiger partial charge in [0.2, 0.25) is 5.91 Å². The SMILES string of the molecule is O=C([C@@H]1CCCCN1C(=O)c1ccccc1)N1C[C@H]2CCC[C@H]2C1.